The van der Waals surface area contributed by atoms with Crippen molar-refractivity contribution in [3.05, 3.63) is 20.8 Å². The molecule has 0 radical (unpaired) electrons. The van der Waals surface area contributed by atoms with Crippen LogP contribution in [-0.2, 0) is 0 Å². The van der Waals surface area contributed by atoms with Crippen molar-refractivity contribution in [2.75, 3.05) is 0 Å². The molecule has 0 unspecified atom stereocenters. The number of Topliss-reactive ketones (excluding diaryl/α,β-unsaturated/α-hetero) is 1. The second kappa shape index (κ2) is 6.44. The van der Waals surface area contributed by atoms with Crippen molar-refractivity contribution in [3.8, 4) is 0 Å². The summed E-state index contributed by atoms with van der Waals surface area (Å²) < 4.78 is 0.995. The summed E-state index contributed by atoms with van der Waals surface area (Å²) in [5.41, 5.74) is 0.0769. The Labute approximate surface area is 105 Å². The second-order valence-electron chi connectivity index (χ2n) is 4.29. The van der Waals surface area contributed by atoms with E-state index in [1.807, 2.05) is 25.3 Å². The lowest BCUT2D eigenvalue weighted by Crippen LogP contribution is -2.11. The largest absolute Gasteiger partial charge is 0.293 e. The molecule has 1 heterocycles. The molecule has 1 nitrogen and oxygen atoms in total. The van der Waals surface area contributed by atoms with Crippen LogP contribution >= 0.6 is 27.3 Å². The topological polar surface area (TPSA) is 17.1 Å². The Morgan fingerprint density at radius 3 is 2.27 bits per heavy atom. The van der Waals surface area contributed by atoms with Gasteiger partial charge in [-0.3, -0.25) is 4.79 Å². The van der Waals surface area contributed by atoms with E-state index in [2.05, 4.69) is 36.7 Å². The lowest BCUT2D eigenvalue weighted by molar-refractivity contribution is 0.0944. The van der Waals surface area contributed by atoms with E-state index in [1.165, 1.54) is 11.3 Å². The molecule has 1 aromatic rings. The zero-order valence-corrected chi connectivity index (χ0v) is 12.5. The smallest absolute Gasteiger partial charge is 0.173 e. The maximum absolute atomic E-state index is 11.7. The quantitative estimate of drug-likeness (QED) is 0.688. The third kappa shape index (κ3) is 6.10. The minimum atomic E-state index is 0.0769. The number of carbonyl (C=O) groups excluding carboxylic acids is 1. The number of carbonyl (C=O) groups is 1. The van der Waals surface area contributed by atoms with E-state index in [0.717, 1.165) is 9.35 Å². The molecule has 0 bridgehead atoms. The minimum Gasteiger partial charge on any atom is -0.293 e. The molecule has 15 heavy (non-hydrogen) atoms. The van der Waals surface area contributed by atoms with Gasteiger partial charge in [0.2, 0.25) is 0 Å². The van der Waals surface area contributed by atoms with Gasteiger partial charge in [0, 0.05) is 16.3 Å². The normalized spacial score (nSPS) is 10.5. The molecule has 0 saturated carbocycles. The molecule has 3 heteroatoms. The van der Waals surface area contributed by atoms with E-state index in [-0.39, 0.29) is 11.2 Å². The van der Waals surface area contributed by atoms with Gasteiger partial charge >= 0.3 is 0 Å². The summed E-state index contributed by atoms with van der Waals surface area (Å²) in [4.78, 5) is 12.5. The summed E-state index contributed by atoms with van der Waals surface area (Å²) in [6.45, 7) is 10.2. The molecule has 1 rings (SSSR count). The van der Waals surface area contributed by atoms with E-state index in [0.29, 0.717) is 6.42 Å². The van der Waals surface area contributed by atoms with Crippen LogP contribution < -0.4 is 0 Å². The number of hydrogen-bond donors (Lipinski definition) is 0. The van der Waals surface area contributed by atoms with Gasteiger partial charge in [0.15, 0.2) is 5.78 Å². The van der Waals surface area contributed by atoms with Crippen molar-refractivity contribution in [2.24, 2.45) is 5.41 Å². The first-order valence-electron chi connectivity index (χ1n) is 5.16. The van der Waals surface area contributed by atoms with Gasteiger partial charge in [-0.2, -0.15) is 0 Å². The molecular weight excluding hydrogens is 272 g/mol. The molecule has 0 aromatic carbocycles. The standard InChI is InChI=1S/C10H13BrOS.C2H6/c1-10(2,3)5-8(12)9-4-7(11)6-13-9;1-2/h4,6H,5H2,1-3H3;1-2H3. The van der Waals surface area contributed by atoms with Crippen LogP contribution in [-0.4, -0.2) is 5.78 Å². The van der Waals surface area contributed by atoms with Gasteiger partial charge in [-0.15, -0.1) is 11.3 Å². The van der Waals surface area contributed by atoms with Gasteiger partial charge in [-0.25, -0.2) is 0 Å². The summed E-state index contributed by atoms with van der Waals surface area (Å²) in [6, 6.07) is 1.89. The van der Waals surface area contributed by atoms with Crippen LogP contribution in [0.25, 0.3) is 0 Å². The highest BCUT2D eigenvalue weighted by Crippen LogP contribution is 2.26. The van der Waals surface area contributed by atoms with Gasteiger partial charge in [0.05, 0.1) is 4.88 Å². The Morgan fingerprint density at radius 1 is 1.40 bits per heavy atom. The highest BCUT2D eigenvalue weighted by atomic mass is 79.9. The Morgan fingerprint density at radius 2 is 1.93 bits per heavy atom. The van der Waals surface area contributed by atoms with Crippen LogP contribution in [0.2, 0.25) is 0 Å². The summed E-state index contributed by atoms with van der Waals surface area (Å²) in [7, 11) is 0. The molecule has 0 N–H and O–H groups in total. The molecule has 0 aliphatic heterocycles. The Bertz CT molecular complexity index is 310. The molecule has 0 saturated heterocycles. The fraction of sp³-hybridized carbons (Fsp3) is 0.583. The van der Waals surface area contributed by atoms with Crippen LogP contribution in [0.5, 0.6) is 0 Å². The van der Waals surface area contributed by atoms with E-state index in [4.69, 9.17) is 0 Å². The van der Waals surface area contributed by atoms with Crippen LogP contribution in [0, 0.1) is 5.41 Å². The Hall–Kier alpha value is -0.150. The second-order valence-corrected chi connectivity index (χ2v) is 6.12. The summed E-state index contributed by atoms with van der Waals surface area (Å²) in [5, 5.41) is 1.94. The van der Waals surface area contributed by atoms with E-state index >= 15 is 0 Å². The molecular formula is C12H19BrOS. The molecule has 1 aromatic heterocycles. The maximum Gasteiger partial charge on any atom is 0.173 e. The first-order chi connectivity index (χ1) is 6.88. The van der Waals surface area contributed by atoms with E-state index in [1.54, 1.807) is 0 Å². The first-order valence-corrected chi connectivity index (χ1v) is 6.83. The van der Waals surface area contributed by atoms with Gasteiger partial charge in [-0.1, -0.05) is 34.6 Å². The third-order valence-electron chi connectivity index (χ3n) is 1.53. The van der Waals surface area contributed by atoms with Gasteiger partial charge < -0.3 is 0 Å². The molecule has 86 valence electrons. The fourth-order valence-corrected chi connectivity index (χ4v) is 2.40. The molecule has 0 amide bonds. The molecule has 0 atom stereocenters. The Balaban J connectivity index is 0.000000921. The van der Waals surface area contributed by atoms with Gasteiger partial charge in [-0.05, 0) is 27.4 Å². The average molecular weight is 291 g/mol. The zero-order chi connectivity index (χ0) is 12.1. The van der Waals surface area contributed by atoms with Crippen LogP contribution in [0.1, 0.15) is 50.7 Å². The predicted octanol–water partition coefficient (Wildman–Crippen LogP) is 5.16. The number of ketones is 1. The van der Waals surface area contributed by atoms with Crippen LogP contribution in [0.3, 0.4) is 0 Å². The van der Waals surface area contributed by atoms with Crippen LogP contribution in [0.4, 0.5) is 0 Å². The number of halogens is 1. The summed E-state index contributed by atoms with van der Waals surface area (Å²) in [6.07, 6.45) is 0.611. The summed E-state index contributed by atoms with van der Waals surface area (Å²) in [5.74, 6) is 0.239. The summed E-state index contributed by atoms with van der Waals surface area (Å²) >= 11 is 4.84. The van der Waals surface area contributed by atoms with Gasteiger partial charge in [0.25, 0.3) is 0 Å². The highest BCUT2D eigenvalue weighted by molar-refractivity contribution is 9.10. The monoisotopic (exact) mass is 290 g/mol. The van der Waals surface area contributed by atoms with Crippen LogP contribution in [0.15, 0.2) is 15.9 Å². The third-order valence-corrected chi connectivity index (χ3v) is 3.27. The van der Waals surface area contributed by atoms with Crippen molar-refractivity contribution < 1.29 is 4.79 Å². The minimum absolute atomic E-state index is 0.0769. The SMILES string of the molecule is CC.CC(C)(C)CC(=O)c1cc(Br)cs1. The highest BCUT2D eigenvalue weighted by Gasteiger charge is 2.18. The number of thiophene rings is 1. The lowest BCUT2D eigenvalue weighted by atomic mass is 9.90. The fourth-order valence-electron chi connectivity index (χ4n) is 1.03. The van der Waals surface area contributed by atoms with Crippen molar-refractivity contribution in [3.63, 3.8) is 0 Å². The average Bonchev–Trinajstić information content (AvgIpc) is 2.52. The van der Waals surface area contributed by atoms with Crippen molar-refractivity contribution >= 4 is 33.0 Å². The lowest BCUT2D eigenvalue weighted by Gasteiger charge is -2.15. The number of rotatable bonds is 2. The predicted molar refractivity (Wildman–Crippen MR) is 71.8 cm³/mol. The van der Waals surface area contributed by atoms with Crippen molar-refractivity contribution in [1.29, 1.82) is 0 Å². The molecule has 0 aliphatic rings. The first kappa shape index (κ1) is 14.8. The molecule has 0 spiro atoms. The Kier molecular flexibility index (Phi) is 6.37. The van der Waals surface area contributed by atoms with Crippen molar-refractivity contribution in [2.45, 2.75) is 41.0 Å². The molecule has 0 aliphatic carbocycles. The van der Waals surface area contributed by atoms with E-state index in [9.17, 15) is 4.79 Å². The zero-order valence-electron chi connectivity index (χ0n) is 10.1. The van der Waals surface area contributed by atoms with Crippen molar-refractivity contribution in [1.82, 2.24) is 0 Å². The maximum atomic E-state index is 11.7. The molecule has 0 fully saturated rings. The van der Waals surface area contributed by atoms with E-state index < -0.39 is 0 Å². The number of hydrogen-bond acceptors (Lipinski definition) is 2. The van der Waals surface area contributed by atoms with Gasteiger partial charge in [0.1, 0.15) is 0 Å².